The minimum atomic E-state index is -0.523. The molecule has 0 aliphatic heterocycles. The molecule has 0 aliphatic carbocycles. The number of carbonyl (C=O) groups is 2. The smallest absolute Gasteiger partial charge is 0.312 e. The fraction of sp³-hybridized carbons (Fsp3) is 0.529. The number of amides is 3. The Hall–Kier alpha value is -2.04. The predicted octanol–water partition coefficient (Wildman–Crippen LogP) is 2.73. The van der Waals surface area contributed by atoms with E-state index in [1.54, 1.807) is 0 Å². The number of urea groups is 1. The second-order valence-electron chi connectivity index (χ2n) is 5.91. The van der Waals surface area contributed by atoms with E-state index in [2.05, 4.69) is 24.5 Å². The van der Waals surface area contributed by atoms with Crippen molar-refractivity contribution in [3.63, 3.8) is 0 Å². The third kappa shape index (κ3) is 7.67. The maximum atomic E-state index is 12.1. The van der Waals surface area contributed by atoms with Crippen LogP contribution in [0, 0.1) is 5.92 Å². The van der Waals surface area contributed by atoms with Gasteiger partial charge in [-0.3, -0.25) is 4.79 Å². The Kier molecular flexibility index (Phi) is 8.04. The van der Waals surface area contributed by atoms with Crippen LogP contribution in [-0.4, -0.2) is 18.5 Å². The molecule has 0 spiro atoms. The van der Waals surface area contributed by atoms with Crippen LogP contribution >= 0.6 is 0 Å². The molecule has 1 aromatic rings. The molecule has 1 atom stereocenters. The van der Waals surface area contributed by atoms with Gasteiger partial charge in [-0.05, 0) is 30.7 Å². The SMILES string of the molecule is CC(C)CC(NC(=O)CCCCNC(N)=O)c1ccccc1. The van der Waals surface area contributed by atoms with Crippen molar-refractivity contribution in [2.24, 2.45) is 11.7 Å². The lowest BCUT2D eigenvalue weighted by molar-refractivity contribution is -0.122. The van der Waals surface area contributed by atoms with Gasteiger partial charge in [0.05, 0.1) is 6.04 Å². The molecule has 5 nitrogen and oxygen atoms in total. The van der Waals surface area contributed by atoms with Gasteiger partial charge >= 0.3 is 6.03 Å². The topological polar surface area (TPSA) is 84.2 Å². The van der Waals surface area contributed by atoms with E-state index < -0.39 is 6.03 Å². The standard InChI is InChI=1S/C17H27N3O2/c1-13(2)12-15(14-8-4-3-5-9-14)20-16(21)10-6-7-11-19-17(18)22/h3-5,8-9,13,15H,6-7,10-12H2,1-2H3,(H,20,21)(H3,18,19,22). The van der Waals surface area contributed by atoms with E-state index in [0.717, 1.165) is 24.8 Å². The highest BCUT2D eigenvalue weighted by molar-refractivity contribution is 5.76. The van der Waals surface area contributed by atoms with Crippen molar-refractivity contribution in [2.45, 2.75) is 45.6 Å². The van der Waals surface area contributed by atoms with Crippen LogP contribution in [0.2, 0.25) is 0 Å². The Morgan fingerprint density at radius 2 is 1.82 bits per heavy atom. The van der Waals surface area contributed by atoms with Gasteiger partial charge in [0.25, 0.3) is 0 Å². The van der Waals surface area contributed by atoms with Crippen molar-refractivity contribution in [1.29, 1.82) is 0 Å². The van der Waals surface area contributed by atoms with Crippen LogP contribution in [0.15, 0.2) is 30.3 Å². The monoisotopic (exact) mass is 305 g/mol. The Morgan fingerprint density at radius 3 is 2.41 bits per heavy atom. The van der Waals surface area contributed by atoms with E-state index in [4.69, 9.17) is 5.73 Å². The van der Waals surface area contributed by atoms with Crippen LogP contribution in [0.25, 0.3) is 0 Å². The Bertz CT molecular complexity index is 460. The highest BCUT2D eigenvalue weighted by Crippen LogP contribution is 2.21. The van der Waals surface area contributed by atoms with E-state index in [9.17, 15) is 9.59 Å². The summed E-state index contributed by atoms with van der Waals surface area (Å²) in [5.41, 5.74) is 6.12. The first-order valence-electron chi connectivity index (χ1n) is 7.86. The molecular weight excluding hydrogens is 278 g/mol. The molecular formula is C17H27N3O2. The average Bonchev–Trinajstić information content (AvgIpc) is 2.46. The van der Waals surface area contributed by atoms with Gasteiger partial charge in [-0.25, -0.2) is 4.79 Å². The van der Waals surface area contributed by atoms with Crippen LogP contribution in [-0.2, 0) is 4.79 Å². The molecule has 1 rings (SSSR count). The third-order valence-electron chi connectivity index (χ3n) is 3.37. The zero-order chi connectivity index (χ0) is 16.4. The molecule has 0 radical (unpaired) electrons. The van der Waals surface area contributed by atoms with Gasteiger partial charge in [0.2, 0.25) is 5.91 Å². The zero-order valence-corrected chi connectivity index (χ0v) is 13.5. The maximum Gasteiger partial charge on any atom is 0.312 e. The molecule has 122 valence electrons. The van der Waals surface area contributed by atoms with E-state index in [-0.39, 0.29) is 11.9 Å². The number of carbonyl (C=O) groups excluding carboxylic acids is 2. The van der Waals surface area contributed by atoms with Gasteiger partial charge in [-0.15, -0.1) is 0 Å². The lowest BCUT2D eigenvalue weighted by atomic mass is 9.97. The van der Waals surface area contributed by atoms with E-state index in [0.29, 0.717) is 18.9 Å². The molecule has 3 amide bonds. The number of nitrogens with two attached hydrogens (primary N) is 1. The Balaban J connectivity index is 2.41. The minimum absolute atomic E-state index is 0.0496. The van der Waals surface area contributed by atoms with Gasteiger partial charge in [-0.2, -0.15) is 0 Å². The summed E-state index contributed by atoms with van der Waals surface area (Å²) in [4.78, 5) is 22.6. The highest BCUT2D eigenvalue weighted by Gasteiger charge is 2.15. The molecule has 0 aromatic heterocycles. The minimum Gasteiger partial charge on any atom is -0.352 e. The summed E-state index contributed by atoms with van der Waals surface area (Å²) in [5, 5.41) is 5.63. The quantitative estimate of drug-likeness (QED) is 0.613. The first kappa shape index (κ1) is 18.0. The van der Waals surface area contributed by atoms with Crippen LogP contribution in [0.5, 0.6) is 0 Å². The number of nitrogens with one attached hydrogen (secondary N) is 2. The van der Waals surface area contributed by atoms with Crippen LogP contribution in [0.4, 0.5) is 4.79 Å². The first-order chi connectivity index (χ1) is 10.5. The lowest BCUT2D eigenvalue weighted by Crippen LogP contribution is -2.31. The largest absolute Gasteiger partial charge is 0.352 e. The fourth-order valence-corrected chi connectivity index (χ4v) is 2.32. The number of hydrogen-bond acceptors (Lipinski definition) is 2. The average molecular weight is 305 g/mol. The third-order valence-corrected chi connectivity index (χ3v) is 3.37. The Labute approximate surface area is 132 Å². The van der Waals surface area contributed by atoms with E-state index >= 15 is 0 Å². The maximum absolute atomic E-state index is 12.1. The summed E-state index contributed by atoms with van der Waals surface area (Å²) in [7, 11) is 0. The van der Waals surface area contributed by atoms with E-state index in [1.165, 1.54) is 0 Å². The zero-order valence-electron chi connectivity index (χ0n) is 13.5. The highest BCUT2D eigenvalue weighted by atomic mass is 16.2. The first-order valence-corrected chi connectivity index (χ1v) is 7.86. The van der Waals surface area contributed by atoms with Gasteiger partial charge in [0.15, 0.2) is 0 Å². The number of primary amides is 1. The van der Waals surface area contributed by atoms with Gasteiger partial charge in [0, 0.05) is 13.0 Å². The molecule has 0 aliphatic rings. The van der Waals surface area contributed by atoms with Crippen molar-refractivity contribution in [1.82, 2.24) is 10.6 Å². The summed E-state index contributed by atoms with van der Waals surface area (Å²) in [6.07, 6.45) is 2.85. The molecule has 0 bridgehead atoms. The van der Waals surface area contributed by atoms with Crippen LogP contribution < -0.4 is 16.4 Å². The molecule has 0 fully saturated rings. The predicted molar refractivity (Wildman–Crippen MR) is 88.2 cm³/mol. The van der Waals surface area contributed by atoms with Gasteiger partial charge in [-0.1, -0.05) is 44.2 Å². The normalized spacial score (nSPS) is 12.0. The van der Waals surface area contributed by atoms with E-state index in [1.807, 2.05) is 30.3 Å². The molecule has 1 aromatic carbocycles. The second kappa shape index (κ2) is 9.82. The molecule has 22 heavy (non-hydrogen) atoms. The van der Waals surface area contributed by atoms with Crippen molar-refractivity contribution in [3.05, 3.63) is 35.9 Å². The molecule has 0 saturated heterocycles. The Morgan fingerprint density at radius 1 is 1.14 bits per heavy atom. The number of rotatable bonds is 9. The summed E-state index contributed by atoms with van der Waals surface area (Å²) < 4.78 is 0. The summed E-state index contributed by atoms with van der Waals surface area (Å²) in [6, 6.07) is 9.58. The lowest BCUT2D eigenvalue weighted by Gasteiger charge is -2.21. The summed E-state index contributed by atoms with van der Waals surface area (Å²) >= 11 is 0. The van der Waals surface area contributed by atoms with Gasteiger partial charge < -0.3 is 16.4 Å². The number of benzene rings is 1. The summed E-state index contributed by atoms with van der Waals surface area (Å²) in [6.45, 7) is 4.81. The fourth-order valence-electron chi connectivity index (χ4n) is 2.32. The van der Waals surface area contributed by atoms with Crippen LogP contribution in [0.1, 0.15) is 51.1 Å². The van der Waals surface area contributed by atoms with Crippen molar-refractivity contribution >= 4 is 11.9 Å². The van der Waals surface area contributed by atoms with Crippen LogP contribution in [0.3, 0.4) is 0 Å². The number of hydrogen-bond donors (Lipinski definition) is 3. The number of unbranched alkanes of at least 4 members (excludes halogenated alkanes) is 1. The van der Waals surface area contributed by atoms with Crippen molar-refractivity contribution in [2.75, 3.05) is 6.54 Å². The van der Waals surface area contributed by atoms with Crippen molar-refractivity contribution < 1.29 is 9.59 Å². The summed E-state index contributed by atoms with van der Waals surface area (Å²) in [5.74, 6) is 0.554. The van der Waals surface area contributed by atoms with Crippen molar-refractivity contribution in [3.8, 4) is 0 Å². The van der Waals surface area contributed by atoms with Gasteiger partial charge in [0.1, 0.15) is 0 Å². The molecule has 5 heteroatoms. The molecule has 1 unspecified atom stereocenters. The molecule has 0 saturated carbocycles. The second-order valence-corrected chi connectivity index (χ2v) is 5.91. The molecule has 4 N–H and O–H groups in total. The molecule has 0 heterocycles.